The number of unbranched alkanes of at least 4 members (excludes halogenated alkanes) is 2. The van der Waals surface area contributed by atoms with Crippen LogP contribution in [0.25, 0.3) is 11.3 Å². The van der Waals surface area contributed by atoms with Crippen LogP contribution in [0.1, 0.15) is 39.5 Å². The van der Waals surface area contributed by atoms with Gasteiger partial charge in [-0.3, -0.25) is 0 Å². The van der Waals surface area contributed by atoms with Crippen molar-refractivity contribution in [3.05, 3.63) is 36.4 Å². The smallest absolute Gasteiger partial charge is 0.227 e. The topological polar surface area (TPSA) is 32.3 Å². The summed E-state index contributed by atoms with van der Waals surface area (Å²) in [6.45, 7) is 6.42. The van der Waals surface area contributed by atoms with Crippen LogP contribution in [0, 0.1) is 0 Å². The standard InChI is InChI=1S/C20H30N4/c1-5-7-14-23(3)19-16-18(17-12-10-9-11-13-17)21-20(22-19)24(4)15-8-6-2/h9-13,16H,5-8,14-15H2,1-4H3. The maximum Gasteiger partial charge on any atom is 0.227 e. The Labute approximate surface area is 146 Å². The molecule has 4 nitrogen and oxygen atoms in total. The summed E-state index contributed by atoms with van der Waals surface area (Å²) in [5.41, 5.74) is 2.12. The summed E-state index contributed by atoms with van der Waals surface area (Å²) in [4.78, 5) is 14.0. The van der Waals surface area contributed by atoms with Crippen molar-refractivity contribution in [2.24, 2.45) is 0 Å². The first kappa shape index (κ1) is 18.2. The molecule has 0 fully saturated rings. The molecule has 0 atom stereocenters. The van der Waals surface area contributed by atoms with Gasteiger partial charge < -0.3 is 9.80 Å². The third-order valence-electron chi connectivity index (χ3n) is 4.20. The molecule has 0 saturated carbocycles. The lowest BCUT2D eigenvalue weighted by molar-refractivity contribution is 0.739. The number of aromatic nitrogens is 2. The van der Waals surface area contributed by atoms with E-state index in [9.17, 15) is 0 Å². The molecule has 24 heavy (non-hydrogen) atoms. The zero-order chi connectivity index (χ0) is 17.4. The van der Waals surface area contributed by atoms with Crippen LogP contribution in [0.15, 0.2) is 36.4 Å². The molecule has 0 aliphatic heterocycles. The molecule has 0 N–H and O–H groups in total. The SMILES string of the molecule is CCCCN(C)c1cc(-c2ccccc2)nc(N(C)CCCC)n1. The quantitative estimate of drug-likeness (QED) is 0.673. The van der Waals surface area contributed by atoms with E-state index in [-0.39, 0.29) is 0 Å². The largest absolute Gasteiger partial charge is 0.359 e. The Bertz CT molecular complexity index is 580. The van der Waals surface area contributed by atoms with Crippen LogP contribution >= 0.6 is 0 Å². The Hall–Kier alpha value is -2.10. The van der Waals surface area contributed by atoms with Crippen LogP contribution in [0.4, 0.5) is 11.8 Å². The highest BCUT2D eigenvalue weighted by Crippen LogP contribution is 2.24. The normalized spacial score (nSPS) is 10.7. The van der Waals surface area contributed by atoms with E-state index < -0.39 is 0 Å². The summed E-state index contributed by atoms with van der Waals surface area (Å²) in [5, 5.41) is 0. The van der Waals surface area contributed by atoms with E-state index in [1.165, 1.54) is 19.3 Å². The average molecular weight is 326 g/mol. The third kappa shape index (κ3) is 4.95. The van der Waals surface area contributed by atoms with Gasteiger partial charge in [0.15, 0.2) is 0 Å². The number of benzene rings is 1. The molecule has 4 heteroatoms. The van der Waals surface area contributed by atoms with Gasteiger partial charge >= 0.3 is 0 Å². The van der Waals surface area contributed by atoms with E-state index in [4.69, 9.17) is 9.97 Å². The molecule has 2 rings (SSSR count). The van der Waals surface area contributed by atoms with Crippen LogP contribution in [0.2, 0.25) is 0 Å². The van der Waals surface area contributed by atoms with E-state index in [2.05, 4.69) is 68.1 Å². The predicted octanol–water partition coefficient (Wildman–Crippen LogP) is 4.62. The Morgan fingerprint density at radius 3 is 2.08 bits per heavy atom. The fraction of sp³-hybridized carbons (Fsp3) is 0.500. The Kier molecular flexibility index (Phi) is 7.04. The molecule has 0 aliphatic rings. The van der Waals surface area contributed by atoms with Gasteiger partial charge in [0, 0.05) is 38.8 Å². The Morgan fingerprint density at radius 2 is 1.46 bits per heavy atom. The van der Waals surface area contributed by atoms with Gasteiger partial charge in [-0.2, -0.15) is 4.98 Å². The summed E-state index contributed by atoms with van der Waals surface area (Å²) in [7, 11) is 4.19. The van der Waals surface area contributed by atoms with Gasteiger partial charge in [0.2, 0.25) is 5.95 Å². The van der Waals surface area contributed by atoms with Crippen molar-refractivity contribution in [3.8, 4) is 11.3 Å². The Morgan fingerprint density at radius 1 is 0.833 bits per heavy atom. The van der Waals surface area contributed by atoms with Crippen molar-refractivity contribution < 1.29 is 0 Å². The van der Waals surface area contributed by atoms with Crippen LogP contribution in [-0.2, 0) is 0 Å². The molecular formula is C20H30N4. The molecule has 0 saturated heterocycles. The second-order valence-corrected chi connectivity index (χ2v) is 6.33. The van der Waals surface area contributed by atoms with Crippen molar-refractivity contribution in [2.75, 3.05) is 37.0 Å². The maximum absolute atomic E-state index is 4.81. The van der Waals surface area contributed by atoms with Gasteiger partial charge in [-0.05, 0) is 12.8 Å². The fourth-order valence-electron chi connectivity index (χ4n) is 2.55. The first-order valence-corrected chi connectivity index (χ1v) is 9.02. The van der Waals surface area contributed by atoms with Gasteiger partial charge in [-0.1, -0.05) is 57.0 Å². The summed E-state index contributed by atoms with van der Waals surface area (Å²) in [5.74, 6) is 1.80. The lowest BCUT2D eigenvalue weighted by atomic mass is 10.1. The summed E-state index contributed by atoms with van der Waals surface area (Å²) in [6, 6.07) is 12.5. The van der Waals surface area contributed by atoms with Crippen LogP contribution in [0.5, 0.6) is 0 Å². The van der Waals surface area contributed by atoms with Gasteiger partial charge in [0.05, 0.1) is 5.69 Å². The number of anilines is 2. The second kappa shape index (κ2) is 9.26. The molecule has 0 spiro atoms. The minimum Gasteiger partial charge on any atom is -0.359 e. The molecule has 0 aliphatic carbocycles. The Balaban J connectivity index is 2.35. The van der Waals surface area contributed by atoms with E-state index in [0.29, 0.717) is 0 Å². The molecule has 1 aromatic carbocycles. The highest BCUT2D eigenvalue weighted by atomic mass is 15.3. The second-order valence-electron chi connectivity index (χ2n) is 6.33. The van der Waals surface area contributed by atoms with E-state index in [1.54, 1.807) is 0 Å². The van der Waals surface area contributed by atoms with Gasteiger partial charge in [-0.25, -0.2) is 4.98 Å². The average Bonchev–Trinajstić information content (AvgIpc) is 2.64. The van der Waals surface area contributed by atoms with E-state index >= 15 is 0 Å². The van der Waals surface area contributed by atoms with Gasteiger partial charge in [0.1, 0.15) is 5.82 Å². The van der Waals surface area contributed by atoms with Crippen LogP contribution in [0.3, 0.4) is 0 Å². The van der Waals surface area contributed by atoms with Crippen LogP contribution in [-0.4, -0.2) is 37.2 Å². The third-order valence-corrected chi connectivity index (χ3v) is 4.20. The number of nitrogens with zero attached hydrogens (tertiary/aromatic N) is 4. The molecule has 0 radical (unpaired) electrons. The number of hydrogen-bond donors (Lipinski definition) is 0. The van der Waals surface area contributed by atoms with Crippen molar-refractivity contribution >= 4 is 11.8 Å². The number of hydrogen-bond acceptors (Lipinski definition) is 4. The minimum atomic E-state index is 0.808. The lowest BCUT2D eigenvalue weighted by Crippen LogP contribution is -2.24. The molecule has 0 bridgehead atoms. The monoisotopic (exact) mass is 326 g/mol. The zero-order valence-electron chi connectivity index (χ0n) is 15.5. The molecular weight excluding hydrogens is 296 g/mol. The van der Waals surface area contributed by atoms with Crippen molar-refractivity contribution in [1.29, 1.82) is 0 Å². The van der Waals surface area contributed by atoms with Crippen LogP contribution < -0.4 is 9.80 Å². The predicted molar refractivity (Wildman–Crippen MR) is 104 cm³/mol. The summed E-state index contributed by atoms with van der Waals surface area (Å²) >= 11 is 0. The first-order valence-electron chi connectivity index (χ1n) is 9.02. The number of rotatable bonds is 9. The zero-order valence-corrected chi connectivity index (χ0v) is 15.5. The molecule has 2 aromatic rings. The van der Waals surface area contributed by atoms with Gasteiger partial charge in [0.25, 0.3) is 0 Å². The molecule has 130 valence electrons. The van der Waals surface area contributed by atoms with Crippen molar-refractivity contribution in [1.82, 2.24) is 9.97 Å². The highest BCUT2D eigenvalue weighted by molar-refractivity contribution is 5.64. The van der Waals surface area contributed by atoms with Crippen molar-refractivity contribution in [2.45, 2.75) is 39.5 Å². The van der Waals surface area contributed by atoms with E-state index in [0.717, 1.165) is 42.5 Å². The maximum atomic E-state index is 4.81. The van der Waals surface area contributed by atoms with Crippen molar-refractivity contribution in [3.63, 3.8) is 0 Å². The highest BCUT2D eigenvalue weighted by Gasteiger charge is 2.12. The molecule has 1 aromatic heterocycles. The minimum absolute atomic E-state index is 0.808. The fourth-order valence-corrected chi connectivity index (χ4v) is 2.55. The summed E-state index contributed by atoms with van der Waals surface area (Å²) in [6.07, 6.45) is 4.68. The summed E-state index contributed by atoms with van der Waals surface area (Å²) < 4.78 is 0. The first-order chi connectivity index (χ1) is 11.7. The molecule has 0 unspecified atom stereocenters. The molecule has 0 amide bonds. The lowest BCUT2D eigenvalue weighted by Gasteiger charge is -2.22. The van der Waals surface area contributed by atoms with Gasteiger partial charge in [-0.15, -0.1) is 0 Å². The molecule has 1 heterocycles. The van der Waals surface area contributed by atoms with E-state index in [1.807, 2.05) is 6.07 Å².